The normalized spacial score (nSPS) is 10.2. The largest absolute Gasteiger partial charge is 0.508 e. The molecule has 0 bridgehead atoms. The van der Waals surface area contributed by atoms with Gasteiger partial charge >= 0.3 is 6.09 Å². The molecule has 2 N–H and O–H groups in total. The van der Waals surface area contributed by atoms with E-state index in [0.717, 1.165) is 16.7 Å². The molecule has 0 atom stereocenters. The summed E-state index contributed by atoms with van der Waals surface area (Å²) in [7, 11) is 1.54. The summed E-state index contributed by atoms with van der Waals surface area (Å²) in [5.74, 6) is 0.239. The molecule has 4 nitrogen and oxygen atoms in total. The maximum atomic E-state index is 10.7. The van der Waals surface area contributed by atoms with Crippen molar-refractivity contribution in [3.63, 3.8) is 0 Å². The smallest absolute Gasteiger partial charge is 0.407 e. The molecule has 1 amide bonds. The highest BCUT2D eigenvalue weighted by atomic mass is 16.4. The number of rotatable bonds is 3. The Morgan fingerprint density at radius 3 is 1.95 bits per heavy atom. The van der Waals surface area contributed by atoms with Crippen molar-refractivity contribution in [2.75, 3.05) is 7.05 Å². The van der Waals surface area contributed by atoms with E-state index in [1.54, 1.807) is 12.1 Å². The van der Waals surface area contributed by atoms with E-state index in [-0.39, 0.29) is 5.75 Å². The Morgan fingerprint density at radius 2 is 1.47 bits per heavy atom. The van der Waals surface area contributed by atoms with Crippen LogP contribution in [0.15, 0.2) is 48.5 Å². The van der Waals surface area contributed by atoms with Crippen molar-refractivity contribution in [3.8, 4) is 16.9 Å². The Hall–Kier alpha value is -2.49. The van der Waals surface area contributed by atoms with Gasteiger partial charge in [-0.05, 0) is 28.8 Å². The summed E-state index contributed by atoms with van der Waals surface area (Å²) in [5.41, 5.74) is 2.98. The number of carbonyl (C=O) groups is 1. The van der Waals surface area contributed by atoms with Crippen molar-refractivity contribution in [3.05, 3.63) is 54.1 Å². The molecule has 0 spiro atoms. The predicted molar refractivity (Wildman–Crippen MR) is 73.0 cm³/mol. The lowest BCUT2D eigenvalue weighted by Crippen LogP contribution is -2.23. The molecule has 19 heavy (non-hydrogen) atoms. The van der Waals surface area contributed by atoms with Gasteiger partial charge in [0, 0.05) is 13.6 Å². The minimum Gasteiger partial charge on any atom is -0.508 e. The van der Waals surface area contributed by atoms with E-state index in [9.17, 15) is 9.90 Å². The summed E-state index contributed by atoms with van der Waals surface area (Å²) in [6.07, 6.45) is -0.942. The van der Waals surface area contributed by atoms with E-state index in [4.69, 9.17) is 5.11 Å². The van der Waals surface area contributed by atoms with Gasteiger partial charge < -0.3 is 15.1 Å². The molecule has 4 heteroatoms. The van der Waals surface area contributed by atoms with Crippen LogP contribution in [0.1, 0.15) is 5.56 Å². The van der Waals surface area contributed by atoms with Crippen molar-refractivity contribution in [1.82, 2.24) is 4.90 Å². The Balaban J connectivity index is 2.14. The van der Waals surface area contributed by atoms with Gasteiger partial charge in [-0.1, -0.05) is 36.4 Å². The van der Waals surface area contributed by atoms with Crippen molar-refractivity contribution in [2.45, 2.75) is 6.54 Å². The summed E-state index contributed by atoms with van der Waals surface area (Å²) in [6, 6.07) is 14.7. The molecule has 0 aromatic heterocycles. The van der Waals surface area contributed by atoms with Crippen LogP contribution in [-0.4, -0.2) is 28.3 Å². The molecule has 2 aromatic rings. The minimum atomic E-state index is -0.942. The van der Waals surface area contributed by atoms with Gasteiger partial charge in [-0.3, -0.25) is 0 Å². The van der Waals surface area contributed by atoms with Crippen molar-refractivity contribution in [1.29, 1.82) is 0 Å². The van der Waals surface area contributed by atoms with E-state index in [0.29, 0.717) is 6.54 Å². The average molecular weight is 257 g/mol. The lowest BCUT2D eigenvalue weighted by Gasteiger charge is -2.13. The third kappa shape index (κ3) is 3.25. The van der Waals surface area contributed by atoms with Crippen LogP contribution in [0.5, 0.6) is 5.75 Å². The van der Waals surface area contributed by atoms with Crippen LogP contribution in [0, 0.1) is 0 Å². The van der Waals surface area contributed by atoms with Crippen LogP contribution in [0.3, 0.4) is 0 Å². The highest BCUT2D eigenvalue weighted by Crippen LogP contribution is 2.22. The monoisotopic (exact) mass is 257 g/mol. The van der Waals surface area contributed by atoms with Crippen LogP contribution in [0.2, 0.25) is 0 Å². The van der Waals surface area contributed by atoms with Gasteiger partial charge in [0.05, 0.1) is 0 Å². The summed E-state index contributed by atoms with van der Waals surface area (Å²) >= 11 is 0. The molecular formula is C15H15NO3. The lowest BCUT2D eigenvalue weighted by atomic mass is 10.0. The summed E-state index contributed by atoms with van der Waals surface area (Å²) < 4.78 is 0. The molecule has 98 valence electrons. The molecule has 0 aliphatic carbocycles. The van der Waals surface area contributed by atoms with Crippen molar-refractivity contribution >= 4 is 6.09 Å². The quantitative estimate of drug-likeness (QED) is 0.887. The van der Waals surface area contributed by atoms with Gasteiger partial charge in [0.2, 0.25) is 0 Å². The highest BCUT2D eigenvalue weighted by molar-refractivity contribution is 5.66. The van der Waals surface area contributed by atoms with E-state index in [1.165, 1.54) is 11.9 Å². The average Bonchev–Trinajstić information content (AvgIpc) is 2.40. The second-order valence-corrected chi connectivity index (χ2v) is 4.38. The van der Waals surface area contributed by atoms with E-state index < -0.39 is 6.09 Å². The Kier molecular flexibility index (Phi) is 3.71. The maximum Gasteiger partial charge on any atom is 0.407 e. The topological polar surface area (TPSA) is 60.8 Å². The van der Waals surface area contributed by atoms with Gasteiger partial charge in [0.15, 0.2) is 0 Å². The number of phenolic OH excluding ortho intramolecular Hbond substituents is 1. The third-order valence-electron chi connectivity index (χ3n) is 2.90. The van der Waals surface area contributed by atoms with Crippen molar-refractivity contribution in [2.24, 2.45) is 0 Å². The first-order valence-electron chi connectivity index (χ1n) is 5.88. The van der Waals surface area contributed by atoms with Gasteiger partial charge in [-0.25, -0.2) is 4.79 Å². The molecule has 0 radical (unpaired) electrons. The fraction of sp³-hybridized carbons (Fsp3) is 0.133. The van der Waals surface area contributed by atoms with Gasteiger partial charge in [-0.15, -0.1) is 0 Å². The molecule has 0 aliphatic rings. The maximum absolute atomic E-state index is 10.7. The fourth-order valence-corrected chi connectivity index (χ4v) is 1.80. The third-order valence-corrected chi connectivity index (χ3v) is 2.90. The minimum absolute atomic E-state index is 0.239. The van der Waals surface area contributed by atoms with Crippen LogP contribution < -0.4 is 0 Å². The first kappa shape index (κ1) is 13.0. The second kappa shape index (κ2) is 5.44. The zero-order valence-corrected chi connectivity index (χ0v) is 10.6. The zero-order chi connectivity index (χ0) is 13.8. The first-order chi connectivity index (χ1) is 9.06. The van der Waals surface area contributed by atoms with Gasteiger partial charge in [0.25, 0.3) is 0 Å². The SMILES string of the molecule is CN(Cc1ccc(-c2ccc(O)cc2)cc1)C(=O)O. The van der Waals surface area contributed by atoms with Crippen LogP contribution in [0.4, 0.5) is 4.79 Å². The number of carboxylic acid groups (broad SMARTS) is 1. The molecule has 0 saturated heterocycles. The Morgan fingerprint density at radius 1 is 1.00 bits per heavy atom. The van der Waals surface area contributed by atoms with Crippen molar-refractivity contribution < 1.29 is 15.0 Å². The molecule has 2 aromatic carbocycles. The van der Waals surface area contributed by atoms with Crippen LogP contribution in [0.25, 0.3) is 11.1 Å². The zero-order valence-electron chi connectivity index (χ0n) is 10.6. The lowest BCUT2D eigenvalue weighted by molar-refractivity contribution is 0.154. The number of hydrogen-bond acceptors (Lipinski definition) is 2. The predicted octanol–water partition coefficient (Wildman–Crippen LogP) is 3.17. The molecule has 0 aliphatic heterocycles. The number of nitrogens with zero attached hydrogens (tertiary/aromatic N) is 1. The molecule has 0 fully saturated rings. The fourth-order valence-electron chi connectivity index (χ4n) is 1.80. The number of phenols is 1. The van der Waals surface area contributed by atoms with E-state index in [1.807, 2.05) is 36.4 Å². The number of benzene rings is 2. The Bertz CT molecular complexity index is 561. The highest BCUT2D eigenvalue weighted by Gasteiger charge is 2.06. The first-order valence-corrected chi connectivity index (χ1v) is 5.88. The van der Waals surface area contributed by atoms with Crippen LogP contribution in [-0.2, 0) is 6.54 Å². The van der Waals surface area contributed by atoms with E-state index in [2.05, 4.69) is 0 Å². The molecule has 2 rings (SSSR count). The number of amides is 1. The van der Waals surface area contributed by atoms with Gasteiger partial charge in [0.1, 0.15) is 5.75 Å². The van der Waals surface area contributed by atoms with E-state index >= 15 is 0 Å². The number of hydrogen-bond donors (Lipinski definition) is 2. The summed E-state index contributed by atoms with van der Waals surface area (Å²) in [4.78, 5) is 12.0. The molecule has 0 saturated carbocycles. The number of aromatic hydroxyl groups is 1. The molecule has 0 heterocycles. The Labute approximate surface area is 111 Å². The second-order valence-electron chi connectivity index (χ2n) is 4.38. The molecular weight excluding hydrogens is 242 g/mol. The van der Waals surface area contributed by atoms with Crippen LogP contribution >= 0.6 is 0 Å². The standard InChI is InChI=1S/C15H15NO3/c1-16(15(18)19)10-11-2-4-12(5-3-11)13-6-8-14(17)9-7-13/h2-9,17H,10H2,1H3,(H,18,19). The molecule has 0 unspecified atom stereocenters. The van der Waals surface area contributed by atoms with Gasteiger partial charge in [-0.2, -0.15) is 0 Å². The summed E-state index contributed by atoms with van der Waals surface area (Å²) in [5, 5.41) is 18.0. The summed E-state index contributed by atoms with van der Waals surface area (Å²) in [6.45, 7) is 0.366.